The molecule has 0 N–H and O–H groups in total. The van der Waals surface area contributed by atoms with E-state index in [0.29, 0.717) is 5.88 Å². The summed E-state index contributed by atoms with van der Waals surface area (Å²) >= 11 is 6.21. The molecule has 0 aliphatic carbocycles. The van der Waals surface area contributed by atoms with Crippen LogP contribution in [0.2, 0.25) is 5.02 Å². The number of hydrogen-bond donors (Lipinski definition) is 0. The summed E-state index contributed by atoms with van der Waals surface area (Å²) in [5.74, 6) is 0.601. The molecule has 1 aliphatic rings. The predicted molar refractivity (Wildman–Crippen MR) is 118 cm³/mol. The van der Waals surface area contributed by atoms with E-state index in [1.165, 1.54) is 0 Å². The quantitative estimate of drug-likeness (QED) is 0.452. The van der Waals surface area contributed by atoms with Crippen LogP contribution < -0.4 is 14.5 Å². The number of pyridine rings is 2. The van der Waals surface area contributed by atoms with E-state index in [-0.39, 0.29) is 0 Å². The third-order valence-corrected chi connectivity index (χ3v) is 5.49. The number of anilines is 3. The monoisotopic (exact) mass is 402 g/mol. The molecule has 5 nitrogen and oxygen atoms in total. The second kappa shape index (κ2) is 6.94. The van der Waals surface area contributed by atoms with Gasteiger partial charge >= 0.3 is 0 Å². The summed E-state index contributed by atoms with van der Waals surface area (Å²) in [6, 6.07) is 18.2. The van der Waals surface area contributed by atoms with Crippen molar-refractivity contribution < 1.29 is 4.74 Å². The lowest BCUT2D eigenvalue weighted by Gasteiger charge is -2.20. The molecule has 0 atom stereocenters. The number of halogens is 1. The molecule has 2 aromatic carbocycles. The molecule has 0 spiro atoms. The minimum Gasteiger partial charge on any atom is -0.481 e. The molecule has 2 aromatic heterocycles. The van der Waals surface area contributed by atoms with Crippen molar-refractivity contribution in [3.63, 3.8) is 0 Å². The van der Waals surface area contributed by atoms with Crippen molar-refractivity contribution in [2.75, 3.05) is 30.6 Å². The molecule has 0 radical (unpaired) electrons. The number of fused-ring (bicyclic) bond motifs is 3. The van der Waals surface area contributed by atoms with Gasteiger partial charge in [-0.15, -0.1) is 0 Å². The fraction of sp³-hybridized carbons (Fsp3) is 0.130. The highest BCUT2D eigenvalue weighted by Gasteiger charge is 2.27. The van der Waals surface area contributed by atoms with Crippen LogP contribution in [0.25, 0.3) is 22.0 Å². The first-order chi connectivity index (χ1) is 14.1. The van der Waals surface area contributed by atoms with Gasteiger partial charge < -0.3 is 14.5 Å². The summed E-state index contributed by atoms with van der Waals surface area (Å²) < 4.78 is 5.21. The Labute approximate surface area is 174 Å². The van der Waals surface area contributed by atoms with Crippen LogP contribution in [-0.2, 0) is 0 Å². The summed E-state index contributed by atoms with van der Waals surface area (Å²) in [5.41, 5.74) is 6.39. The maximum absolute atomic E-state index is 6.21. The molecule has 4 aromatic rings. The Morgan fingerprint density at radius 3 is 2.59 bits per heavy atom. The number of aromatic nitrogens is 2. The molecule has 6 heteroatoms. The number of rotatable bonds is 3. The molecule has 0 unspecified atom stereocenters. The highest BCUT2D eigenvalue weighted by atomic mass is 35.5. The predicted octanol–water partition coefficient (Wildman–Crippen LogP) is 5.50. The van der Waals surface area contributed by atoms with Crippen molar-refractivity contribution in [3.8, 4) is 17.0 Å². The van der Waals surface area contributed by atoms with E-state index in [4.69, 9.17) is 16.3 Å². The SMILES string of the molecule is COc1ccc(N2CN(C)c3cnc4ccc(-c5cccc(Cl)c5)cc4c32)cn1. The average Bonchev–Trinajstić information content (AvgIpc) is 3.10. The first-order valence-corrected chi connectivity index (χ1v) is 9.69. The molecule has 5 rings (SSSR count). The van der Waals surface area contributed by atoms with E-state index in [9.17, 15) is 0 Å². The highest BCUT2D eigenvalue weighted by Crippen LogP contribution is 2.44. The fourth-order valence-corrected chi connectivity index (χ4v) is 3.99. The minimum absolute atomic E-state index is 0.601. The van der Waals surface area contributed by atoms with Crippen molar-refractivity contribution in [1.29, 1.82) is 0 Å². The molecule has 3 heterocycles. The van der Waals surface area contributed by atoms with Gasteiger partial charge in [-0.1, -0.05) is 29.8 Å². The van der Waals surface area contributed by atoms with Gasteiger partial charge in [-0.05, 0) is 41.5 Å². The highest BCUT2D eigenvalue weighted by molar-refractivity contribution is 6.30. The van der Waals surface area contributed by atoms with Crippen molar-refractivity contribution in [2.24, 2.45) is 0 Å². The standard InChI is InChI=1S/C23H19ClN4O/c1-27-14-28(18-7-9-22(29-2)26-12-18)23-19-11-16(15-4-3-5-17(24)10-15)6-8-20(19)25-13-21(23)27/h3-13H,14H2,1-2H3. The van der Waals surface area contributed by atoms with Crippen LogP contribution in [0, 0.1) is 0 Å². The molecule has 0 saturated heterocycles. The molecule has 144 valence electrons. The van der Waals surface area contributed by atoms with Gasteiger partial charge in [0.25, 0.3) is 0 Å². The molecule has 29 heavy (non-hydrogen) atoms. The molecular formula is C23H19ClN4O. The van der Waals surface area contributed by atoms with E-state index in [0.717, 1.165) is 50.8 Å². The van der Waals surface area contributed by atoms with Gasteiger partial charge in [0.1, 0.15) is 0 Å². The third-order valence-electron chi connectivity index (χ3n) is 5.25. The van der Waals surface area contributed by atoms with Crippen molar-refractivity contribution in [2.45, 2.75) is 0 Å². The first-order valence-electron chi connectivity index (χ1n) is 9.31. The fourth-order valence-electron chi connectivity index (χ4n) is 3.80. The molecule has 0 amide bonds. The zero-order valence-electron chi connectivity index (χ0n) is 16.1. The van der Waals surface area contributed by atoms with Crippen molar-refractivity contribution in [1.82, 2.24) is 9.97 Å². The lowest BCUT2D eigenvalue weighted by atomic mass is 10.0. The third kappa shape index (κ3) is 3.04. The zero-order chi connectivity index (χ0) is 20.0. The minimum atomic E-state index is 0.601. The lowest BCUT2D eigenvalue weighted by Crippen LogP contribution is -2.24. The summed E-state index contributed by atoms with van der Waals surface area (Å²) in [4.78, 5) is 13.5. The Kier molecular flexibility index (Phi) is 4.25. The Bertz CT molecular complexity index is 1210. The summed E-state index contributed by atoms with van der Waals surface area (Å²) in [7, 11) is 3.70. The Balaban J connectivity index is 1.69. The maximum atomic E-state index is 6.21. The van der Waals surface area contributed by atoms with Crippen LogP contribution in [0.5, 0.6) is 5.88 Å². The Hall–Kier alpha value is -3.31. The smallest absolute Gasteiger partial charge is 0.213 e. The number of ether oxygens (including phenoxy) is 1. The van der Waals surface area contributed by atoms with Crippen molar-refractivity contribution >= 4 is 39.6 Å². The molecule has 0 saturated carbocycles. The van der Waals surface area contributed by atoms with Crippen LogP contribution in [0.4, 0.5) is 17.1 Å². The largest absolute Gasteiger partial charge is 0.481 e. The Morgan fingerprint density at radius 1 is 0.966 bits per heavy atom. The van der Waals surface area contributed by atoms with Gasteiger partial charge in [0, 0.05) is 23.5 Å². The maximum Gasteiger partial charge on any atom is 0.213 e. The van der Waals surface area contributed by atoms with E-state index in [1.807, 2.05) is 42.7 Å². The van der Waals surface area contributed by atoms with Crippen LogP contribution in [0.15, 0.2) is 67.0 Å². The van der Waals surface area contributed by atoms with Crippen LogP contribution in [0.3, 0.4) is 0 Å². The molecular weight excluding hydrogens is 384 g/mol. The van der Waals surface area contributed by atoms with Crippen LogP contribution >= 0.6 is 11.6 Å². The van der Waals surface area contributed by atoms with Gasteiger partial charge in [-0.3, -0.25) is 4.98 Å². The van der Waals surface area contributed by atoms with E-state index in [1.54, 1.807) is 7.11 Å². The van der Waals surface area contributed by atoms with Gasteiger partial charge in [0.2, 0.25) is 5.88 Å². The zero-order valence-corrected chi connectivity index (χ0v) is 16.9. The summed E-state index contributed by atoms with van der Waals surface area (Å²) in [6.07, 6.45) is 3.78. The van der Waals surface area contributed by atoms with Gasteiger partial charge in [0.05, 0.1) is 48.8 Å². The second-order valence-corrected chi connectivity index (χ2v) is 7.50. The number of hydrogen-bond acceptors (Lipinski definition) is 5. The van der Waals surface area contributed by atoms with E-state index < -0.39 is 0 Å². The van der Waals surface area contributed by atoms with E-state index >= 15 is 0 Å². The van der Waals surface area contributed by atoms with Gasteiger partial charge in [-0.25, -0.2) is 4.98 Å². The Morgan fingerprint density at radius 2 is 1.83 bits per heavy atom. The van der Waals surface area contributed by atoms with Crippen molar-refractivity contribution in [3.05, 3.63) is 72.0 Å². The van der Waals surface area contributed by atoms with E-state index in [2.05, 4.69) is 51.1 Å². The topological polar surface area (TPSA) is 41.5 Å². The molecule has 0 bridgehead atoms. The van der Waals surface area contributed by atoms with Gasteiger partial charge in [0.15, 0.2) is 0 Å². The normalized spacial score (nSPS) is 13.1. The van der Waals surface area contributed by atoms with Crippen LogP contribution in [0.1, 0.15) is 0 Å². The second-order valence-electron chi connectivity index (χ2n) is 7.06. The first kappa shape index (κ1) is 17.8. The summed E-state index contributed by atoms with van der Waals surface area (Å²) in [5, 5.41) is 1.82. The number of nitrogens with zero attached hydrogens (tertiary/aromatic N) is 4. The average molecular weight is 403 g/mol. The van der Waals surface area contributed by atoms with Crippen LogP contribution in [-0.4, -0.2) is 30.8 Å². The number of methoxy groups -OCH3 is 1. The summed E-state index contributed by atoms with van der Waals surface area (Å²) in [6.45, 7) is 0.728. The number of benzene rings is 2. The molecule has 0 fully saturated rings. The lowest BCUT2D eigenvalue weighted by molar-refractivity contribution is 0.398. The van der Waals surface area contributed by atoms with Gasteiger partial charge in [-0.2, -0.15) is 0 Å². The molecule has 1 aliphatic heterocycles.